The maximum atomic E-state index is 11.6. The lowest BCUT2D eigenvalue weighted by Crippen LogP contribution is -2.33. The first-order valence-electron chi connectivity index (χ1n) is 5.17. The van der Waals surface area contributed by atoms with Crippen LogP contribution in [0.5, 0.6) is 0 Å². The van der Waals surface area contributed by atoms with E-state index in [0.29, 0.717) is 12.4 Å². The number of nitrogens with zero attached hydrogens (tertiary/aromatic N) is 3. The molecule has 0 spiro atoms. The molecule has 1 amide bonds. The van der Waals surface area contributed by atoms with Crippen LogP contribution < -0.4 is 11.1 Å². The van der Waals surface area contributed by atoms with Crippen molar-refractivity contribution < 1.29 is 4.79 Å². The second-order valence-corrected chi connectivity index (χ2v) is 3.48. The van der Waals surface area contributed by atoms with Gasteiger partial charge >= 0.3 is 0 Å². The Kier molecular flexibility index (Phi) is 4.65. The fourth-order valence-corrected chi connectivity index (χ4v) is 1.06. The van der Waals surface area contributed by atoms with Crippen molar-refractivity contribution in [2.75, 3.05) is 32.4 Å². The second-order valence-electron chi connectivity index (χ2n) is 3.48. The minimum atomic E-state index is -0.225. The fourth-order valence-electron chi connectivity index (χ4n) is 1.06. The molecule has 88 valence electrons. The minimum Gasteiger partial charge on any atom is -0.382 e. The Labute approximate surface area is 94.9 Å². The molecule has 0 fully saturated rings. The van der Waals surface area contributed by atoms with Gasteiger partial charge in [-0.1, -0.05) is 6.92 Å². The number of likely N-dealkylation sites (N-methyl/N-ethyl adjacent to an activating group) is 1. The SMILES string of the molecule is CCN(C)CCNC(=O)c1cnc(N)cn1. The smallest absolute Gasteiger partial charge is 0.271 e. The second kappa shape index (κ2) is 6.02. The van der Waals surface area contributed by atoms with Crippen molar-refractivity contribution in [3.8, 4) is 0 Å². The average molecular weight is 223 g/mol. The van der Waals surface area contributed by atoms with E-state index in [1.54, 1.807) is 0 Å². The zero-order valence-corrected chi connectivity index (χ0v) is 9.60. The van der Waals surface area contributed by atoms with Gasteiger partial charge in [-0.3, -0.25) is 4.79 Å². The first-order chi connectivity index (χ1) is 7.63. The number of amides is 1. The van der Waals surface area contributed by atoms with Crippen molar-refractivity contribution in [1.82, 2.24) is 20.2 Å². The third-order valence-electron chi connectivity index (χ3n) is 2.22. The Morgan fingerprint density at radius 1 is 1.50 bits per heavy atom. The summed E-state index contributed by atoms with van der Waals surface area (Å²) in [4.78, 5) is 21.3. The van der Waals surface area contributed by atoms with E-state index < -0.39 is 0 Å². The summed E-state index contributed by atoms with van der Waals surface area (Å²) < 4.78 is 0. The molecule has 1 heterocycles. The Morgan fingerprint density at radius 2 is 2.25 bits per heavy atom. The zero-order valence-electron chi connectivity index (χ0n) is 9.60. The first-order valence-corrected chi connectivity index (χ1v) is 5.17. The van der Waals surface area contributed by atoms with Gasteiger partial charge in [0.15, 0.2) is 0 Å². The zero-order chi connectivity index (χ0) is 12.0. The lowest BCUT2D eigenvalue weighted by atomic mass is 10.4. The highest BCUT2D eigenvalue weighted by atomic mass is 16.1. The molecule has 0 aliphatic rings. The van der Waals surface area contributed by atoms with Gasteiger partial charge in [-0.2, -0.15) is 0 Å². The van der Waals surface area contributed by atoms with Crippen LogP contribution in [0.3, 0.4) is 0 Å². The van der Waals surface area contributed by atoms with Crippen molar-refractivity contribution in [2.45, 2.75) is 6.92 Å². The average Bonchev–Trinajstić information content (AvgIpc) is 2.29. The molecule has 0 radical (unpaired) electrons. The van der Waals surface area contributed by atoms with Crippen LogP contribution in [0, 0.1) is 0 Å². The molecule has 16 heavy (non-hydrogen) atoms. The molecule has 0 bridgehead atoms. The number of nitrogen functional groups attached to an aromatic ring is 1. The number of carbonyl (C=O) groups excluding carboxylic acids is 1. The maximum absolute atomic E-state index is 11.6. The van der Waals surface area contributed by atoms with Gasteiger partial charge in [-0.25, -0.2) is 9.97 Å². The van der Waals surface area contributed by atoms with E-state index >= 15 is 0 Å². The predicted molar refractivity (Wildman–Crippen MR) is 61.9 cm³/mol. The third kappa shape index (κ3) is 3.82. The molecule has 3 N–H and O–H groups in total. The van der Waals surface area contributed by atoms with Crippen molar-refractivity contribution in [3.05, 3.63) is 18.1 Å². The van der Waals surface area contributed by atoms with Crippen LogP contribution in [0.4, 0.5) is 5.82 Å². The molecule has 0 saturated heterocycles. The summed E-state index contributed by atoms with van der Waals surface area (Å²) in [7, 11) is 2.00. The summed E-state index contributed by atoms with van der Waals surface area (Å²) in [5.74, 6) is 0.0827. The number of aromatic nitrogens is 2. The third-order valence-corrected chi connectivity index (χ3v) is 2.22. The molecule has 1 rings (SSSR count). The number of rotatable bonds is 5. The fraction of sp³-hybridized carbons (Fsp3) is 0.500. The van der Waals surface area contributed by atoms with Crippen LogP contribution in [0.2, 0.25) is 0 Å². The number of nitrogens with two attached hydrogens (primary N) is 1. The Hall–Kier alpha value is -1.69. The molecule has 1 aromatic heterocycles. The van der Waals surface area contributed by atoms with Gasteiger partial charge in [-0.15, -0.1) is 0 Å². The van der Waals surface area contributed by atoms with Gasteiger partial charge in [0.25, 0.3) is 5.91 Å². The molecule has 0 saturated carbocycles. The van der Waals surface area contributed by atoms with E-state index in [9.17, 15) is 4.79 Å². The van der Waals surface area contributed by atoms with E-state index in [1.165, 1.54) is 12.4 Å². The van der Waals surface area contributed by atoms with Crippen molar-refractivity contribution >= 4 is 11.7 Å². The quantitative estimate of drug-likeness (QED) is 0.718. The van der Waals surface area contributed by atoms with Crippen molar-refractivity contribution in [1.29, 1.82) is 0 Å². The van der Waals surface area contributed by atoms with E-state index in [2.05, 4.69) is 27.1 Å². The first kappa shape index (κ1) is 12.4. The standard InChI is InChI=1S/C10H17N5O/c1-3-15(2)5-4-12-10(16)8-6-14-9(11)7-13-8/h6-7H,3-5H2,1-2H3,(H2,11,14)(H,12,16). The number of hydrogen-bond donors (Lipinski definition) is 2. The summed E-state index contributed by atoms with van der Waals surface area (Å²) in [5, 5.41) is 2.76. The molecule has 0 aliphatic heterocycles. The van der Waals surface area contributed by atoms with E-state index in [4.69, 9.17) is 5.73 Å². The van der Waals surface area contributed by atoms with Crippen LogP contribution in [0.25, 0.3) is 0 Å². The Balaban J connectivity index is 2.38. The number of hydrogen-bond acceptors (Lipinski definition) is 5. The molecule has 1 aromatic rings. The van der Waals surface area contributed by atoms with Gasteiger partial charge in [0.2, 0.25) is 0 Å². The van der Waals surface area contributed by atoms with E-state index in [-0.39, 0.29) is 11.6 Å². The largest absolute Gasteiger partial charge is 0.382 e. The summed E-state index contributed by atoms with van der Waals surface area (Å²) >= 11 is 0. The molecular weight excluding hydrogens is 206 g/mol. The maximum Gasteiger partial charge on any atom is 0.271 e. The highest BCUT2D eigenvalue weighted by Crippen LogP contribution is 1.95. The summed E-state index contributed by atoms with van der Waals surface area (Å²) in [6.45, 7) is 4.42. The topological polar surface area (TPSA) is 84.1 Å². The van der Waals surface area contributed by atoms with Gasteiger partial charge in [-0.05, 0) is 13.6 Å². The van der Waals surface area contributed by atoms with Crippen molar-refractivity contribution in [3.63, 3.8) is 0 Å². The van der Waals surface area contributed by atoms with E-state index in [1.807, 2.05) is 7.05 Å². The van der Waals surface area contributed by atoms with Crippen molar-refractivity contribution in [2.24, 2.45) is 0 Å². The van der Waals surface area contributed by atoms with Crippen LogP contribution in [-0.4, -0.2) is 47.5 Å². The van der Waals surface area contributed by atoms with Crippen LogP contribution in [-0.2, 0) is 0 Å². The number of anilines is 1. The molecule has 0 aliphatic carbocycles. The predicted octanol–water partition coefficient (Wildman–Crippen LogP) is -0.260. The molecular formula is C10H17N5O. The number of carbonyl (C=O) groups is 1. The van der Waals surface area contributed by atoms with Gasteiger partial charge < -0.3 is 16.0 Å². The van der Waals surface area contributed by atoms with Gasteiger partial charge in [0.05, 0.1) is 12.4 Å². The molecule has 0 atom stereocenters. The minimum absolute atomic E-state index is 0.225. The lowest BCUT2D eigenvalue weighted by molar-refractivity contribution is 0.0945. The summed E-state index contributed by atoms with van der Waals surface area (Å²) in [5.41, 5.74) is 5.66. The molecule has 6 heteroatoms. The van der Waals surface area contributed by atoms with Crippen LogP contribution in [0.1, 0.15) is 17.4 Å². The monoisotopic (exact) mass is 223 g/mol. The lowest BCUT2D eigenvalue weighted by Gasteiger charge is -2.13. The normalized spacial score (nSPS) is 10.4. The highest BCUT2D eigenvalue weighted by molar-refractivity contribution is 5.91. The van der Waals surface area contributed by atoms with Crippen LogP contribution >= 0.6 is 0 Å². The van der Waals surface area contributed by atoms with Gasteiger partial charge in [0.1, 0.15) is 11.5 Å². The molecule has 0 aromatic carbocycles. The summed E-state index contributed by atoms with van der Waals surface area (Å²) in [6.07, 6.45) is 2.74. The Bertz CT molecular complexity index is 338. The van der Waals surface area contributed by atoms with E-state index in [0.717, 1.165) is 13.1 Å². The van der Waals surface area contributed by atoms with Gasteiger partial charge in [0, 0.05) is 13.1 Å². The summed E-state index contributed by atoms with van der Waals surface area (Å²) in [6, 6.07) is 0. The molecule has 0 unspecified atom stereocenters. The Morgan fingerprint density at radius 3 is 2.81 bits per heavy atom. The van der Waals surface area contributed by atoms with Crippen LogP contribution in [0.15, 0.2) is 12.4 Å². The number of nitrogens with one attached hydrogen (secondary N) is 1. The highest BCUT2D eigenvalue weighted by Gasteiger charge is 2.06. The molecule has 6 nitrogen and oxygen atoms in total.